The van der Waals surface area contributed by atoms with Gasteiger partial charge in [-0.15, -0.1) is 0 Å². The Bertz CT molecular complexity index is 566. The van der Waals surface area contributed by atoms with Crippen LogP contribution < -0.4 is 10.5 Å². The van der Waals surface area contributed by atoms with E-state index in [9.17, 15) is 0 Å². The van der Waals surface area contributed by atoms with Crippen LogP contribution in [0.25, 0.3) is 0 Å². The van der Waals surface area contributed by atoms with Crippen molar-refractivity contribution in [1.82, 2.24) is 9.97 Å². The minimum absolute atomic E-state index is 0.397. The van der Waals surface area contributed by atoms with E-state index in [2.05, 4.69) is 9.97 Å². The van der Waals surface area contributed by atoms with Gasteiger partial charge in [-0.3, -0.25) is 0 Å². The van der Waals surface area contributed by atoms with Crippen molar-refractivity contribution in [3.63, 3.8) is 0 Å². The predicted octanol–water partition coefficient (Wildman–Crippen LogP) is 2.75. The summed E-state index contributed by atoms with van der Waals surface area (Å²) in [6.45, 7) is 1.56. The van der Waals surface area contributed by atoms with Gasteiger partial charge in [0.05, 0.1) is 0 Å². The first-order valence-electron chi connectivity index (χ1n) is 6.74. The van der Waals surface area contributed by atoms with E-state index in [1.54, 1.807) is 0 Å². The van der Waals surface area contributed by atoms with Crippen LogP contribution in [0, 0.1) is 0 Å². The molecule has 3 rings (SSSR count). The van der Waals surface area contributed by atoms with Gasteiger partial charge >= 0.3 is 0 Å². The van der Waals surface area contributed by atoms with Crippen LogP contribution in [0.15, 0.2) is 36.8 Å². The summed E-state index contributed by atoms with van der Waals surface area (Å²) in [7, 11) is 0. The van der Waals surface area contributed by atoms with Crippen LogP contribution in [-0.4, -0.2) is 23.2 Å². The lowest BCUT2D eigenvalue weighted by atomic mass is 9.93. The first-order valence-corrected chi connectivity index (χ1v) is 6.74. The van der Waals surface area contributed by atoms with Gasteiger partial charge < -0.3 is 15.2 Å². The average Bonchev–Trinajstić information content (AvgIpc) is 2.51. The fourth-order valence-electron chi connectivity index (χ4n) is 2.35. The first-order chi connectivity index (χ1) is 9.83. The second-order valence-corrected chi connectivity index (χ2v) is 4.84. The average molecular weight is 271 g/mol. The van der Waals surface area contributed by atoms with Crippen LogP contribution in [-0.2, 0) is 4.74 Å². The molecule has 20 heavy (non-hydrogen) atoms. The monoisotopic (exact) mass is 271 g/mol. The molecule has 0 saturated carbocycles. The normalized spacial score (nSPS) is 16.0. The number of anilines is 1. The predicted molar refractivity (Wildman–Crippen MR) is 75.8 cm³/mol. The summed E-state index contributed by atoms with van der Waals surface area (Å²) in [5.74, 6) is 1.75. The third kappa shape index (κ3) is 2.88. The van der Waals surface area contributed by atoms with E-state index in [1.807, 2.05) is 30.5 Å². The lowest BCUT2D eigenvalue weighted by Crippen LogP contribution is -2.15. The molecule has 2 N–H and O–H groups in total. The zero-order chi connectivity index (χ0) is 13.8. The molecule has 2 heterocycles. The van der Waals surface area contributed by atoms with Gasteiger partial charge in [0.2, 0.25) is 5.88 Å². The number of benzene rings is 1. The number of rotatable bonds is 3. The van der Waals surface area contributed by atoms with Gasteiger partial charge in [-0.25, -0.2) is 9.97 Å². The topological polar surface area (TPSA) is 70.3 Å². The number of nitrogens with two attached hydrogens (primary N) is 1. The Labute approximate surface area is 117 Å². The molecule has 1 saturated heterocycles. The third-order valence-electron chi connectivity index (χ3n) is 3.46. The van der Waals surface area contributed by atoms with Crippen molar-refractivity contribution in [2.45, 2.75) is 18.8 Å². The zero-order valence-corrected chi connectivity index (χ0v) is 11.2. The molecule has 1 aliphatic rings. The molecule has 1 aliphatic heterocycles. The Morgan fingerprint density at radius 1 is 1.15 bits per heavy atom. The second-order valence-electron chi connectivity index (χ2n) is 4.84. The Morgan fingerprint density at radius 2 is 1.90 bits per heavy atom. The van der Waals surface area contributed by atoms with Crippen LogP contribution in [0.2, 0.25) is 0 Å². The molecular weight excluding hydrogens is 254 g/mol. The number of nitrogen functional groups attached to an aromatic ring is 1. The molecule has 0 atom stereocenters. The van der Waals surface area contributed by atoms with E-state index in [4.69, 9.17) is 15.2 Å². The maximum Gasteiger partial charge on any atom is 0.225 e. The third-order valence-corrected chi connectivity index (χ3v) is 3.46. The largest absolute Gasteiger partial charge is 0.439 e. The Morgan fingerprint density at radius 3 is 2.65 bits per heavy atom. The highest BCUT2D eigenvalue weighted by Gasteiger charge is 2.21. The lowest BCUT2D eigenvalue weighted by molar-refractivity contribution is 0.0847. The molecule has 5 nitrogen and oxygen atoms in total. The van der Waals surface area contributed by atoms with Crippen LogP contribution in [0.1, 0.15) is 24.3 Å². The summed E-state index contributed by atoms with van der Waals surface area (Å²) in [6, 6.07) is 7.30. The van der Waals surface area contributed by atoms with Crippen molar-refractivity contribution in [3.8, 4) is 11.6 Å². The summed E-state index contributed by atoms with van der Waals surface area (Å²) < 4.78 is 11.3. The van der Waals surface area contributed by atoms with Crippen LogP contribution >= 0.6 is 0 Å². The van der Waals surface area contributed by atoms with E-state index in [0.717, 1.165) is 37.4 Å². The SMILES string of the molecule is Nc1ccc(Oc2ncncc2C2CCOCC2)cc1. The summed E-state index contributed by atoms with van der Waals surface area (Å²) in [6.07, 6.45) is 5.31. The molecule has 0 bridgehead atoms. The Kier molecular flexibility index (Phi) is 3.78. The van der Waals surface area contributed by atoms with Crippen molar-refractivity contribution in [3.05, 3.63) is 42.4 Å². The number of aromatic nitrogens is 2. The number of nitrogens with zero attached hydrogens (tertiary/aromatic N) is 2. The summed E-state index contributed by atoms with van der Waals surface area (Å²) in [5, 5.41) is 0. The van der Waals surface area contributed by atoms with Gasteiger partial charge in [0.15, 0.2) is 0 Å². The first kappa shape index (κ1) is 12.9. The van der Waals surface area contributed by atoms with Crippen molar-refractivity contribution in [2.75, 3.05) is 18.9 Å². The Balaban J connectivity index is 1.83. The standard InChI is InChI=1S/C15H17N3O2/c16-12-1-3-13(4-2-12)20-15-14(9-17-10-18-15)11-5-7-19-8-6-11/h1-4,9-11H,5-8,16H2. The minimum atomic E-state index is 0.397. The zero-order valence-electron chi connectivity index (χ0n) is 11.2. The maximum absolute atomic E-state index is 5.87. The summed E-state index contributed by atoms with van der Waals surface area (Å²) >= 11 is 0. The molecular formula is C15H17N3O2. The van der Waals surface area contributed by atoms with Crippen LogP contribution in [0.5, 0.6) is 11.6 Å². The second kappa shape index (κ2) is 5.88. The molecule has 2 aromatic rings. The van der Waals surface area contributed by atoms with Gasteiger partial charge in [-0.05, 0) is 43.0 Å². The molecule has 1 aromatic heterocycles. The minimum Gasteiger partial charge on any atom is -0.439 e. The maximum atomic E-state index is 5.87. The Hall–Kier alpha value is -2.14. The molecule has 0 unspecified atom stereocenters. The van der Waals surface area contributed by atoms with Crippen molar-refractivity contribution in [1.29, 1.82) is 0 Å². The molecule has 0 spiro atoms. The van der Waals surface area contributed by atoms with Crippen molar-refractivity contribution >= 4 is 5.69 Å². The van der Waals surface area contributed by atoms with Crippen LogP contribution in [0.4, 0.5) is 5.69 Å². The van der Waals surface area contributed by atoms with Gasteiger partial charge in [0, 0.05) is 30.7 Å². The smallest absolute Gasteiger partial charge is 0.225 e. The molecule has 1 aromatic carbocycles. The van der Waals surface area contributed by atoms with Gasteiger partial charge in [0.25, 0.3) is 0 Å². The van der Waals surface area contributed by atoms with E-state index in [0.29, 0.717) is 17.5 Å². The fourth-order valence-corrected chi connectivity index (χ4v) is 2.35. The van der Waals surface area contributed by atoms with E-state index in [1.165, 1.54) is 6.33 Å². The number of ether oxygens (including phenoxy) is 2. The highest BCUT2D eigenvalue weighted by Crippen LogP contribution is 2.33. The molecule has 104 valence electrons. The quantitative estimate of drug-likeness (QED) is 0.869. The number of hydrogen-bond acceptors (Lipinski definition) is 5. The summed E-state index contributed by atoms with van der Waals surface area (Å²) in [4.78, 5) is 8.39. The lowest BCUT2D eigenvalue weighted by Gasteiger charge is -2.23. The molecule has 1 fully saturated rings. The van der Waals surface area contributed by atoms with Crippen molar-refractivity contribution in [2.24, 2.45) is 0 Å². The van der Waals surface area contributed by atoms with E-state index in [-0.39, 0.29) is 0 Å². The highest BCUT2D eigenvalue weighted by molar-refractivity contribution is 5.43. The molecule has 0 radical (unpaired) electrons. The molecule has 0 amide bonds. The van der Waals surface area contributed by atoms with Gasteiger partial charge in [0.1, 0.15) is 12.1 Å². The summed E-state index contributed by atoms with van der Waals surface area (Å²) in [5.41, 5.74) is 7.43. The van der Waals surface area contributed by atoms with E-state index >= 15 is 0 Å². The number of hydrogen-bond donors (Lipinski definition) is 1. The fraction of sp³-hybridized carbons (Fsp3) is 0.333. The van der Waals surface area contributed by atoms with Gasteiger partial charge in [-0.2, -0.15) is 0 Å². The van der Waals surface area contributed by atoms with Crippen LogP contribution in [0.3, 0.4) is 0 Å². The highest BCUT2D eigenvalue weighted by atomic mass is 16.5. The molecule has 0 aliphatic carbocycles. The molecule has 5 heteroatoms. The van der Waals surface area contributed by atoms with Crippen molar-refractivity contribution < 1.29 is 9.47 Å². The van der Waals surface area contributed by atoms with Gasteiger partial charge in [-0.1, -0.05) is 0 Å². The van der Waals surface area contributed by atoms with E-state index < -0.39 is 0 Å².